The molecule has 0 aromatic heterocycles. The summed E-state index contributed by atoms with van der Waals surface area (Å²) in [5.41, 5.74) is 7.33. The molecule has 1 amide bonds. The Balaban J connectivity index is 1.63. The van der Waals surface area contributed by atoms with Gasteiger partial charge in [0.05, 0.1) is 12.1 Å². The quantitative estimate of drug-likeness (QED) is 0.819. The fraction of sp³-hybridized carbons (Fsp3) is 0.562. The van der Waals surface area contributed by atoms with Crippen molar-refractivity contribution in [3.05, 3.63) is 29.8 Å². The minimum Gasteiger partial charge on any atom is -0.465 e. The summed E-state index contributed by atoms with van der Waals surface area (Å²) in [7, 11) is 0. The van der Waals surface area contributed by atoms with Crippen molar-refractivity contribution in [3.8, 4) is 0 Å². The van der Waals surface area contributed by atoms with Crippen LogP contribution in [-0.2, 0) is 0 Å². The molecule has 1 aliphatic heterocycles. The summed E-state index contributed by atoms with van der Waals surface area (Å²) >= 11 is 1.90. The molecule has 1 saturated carbocycles. The van der Waals surface area contributed by atoms with Gasteiger partial charge in [0, 0.05) is 17.2 Å². The van der Waals surface area contributed by atoms with Gasteiger partial charge < -0.3 is 15.7 Å². The minimum atomic E-state index is -0.857. The maximum atomic E-state index is 11.2. The fourth-order valence-corrected chi connectivity index (χ4v) is 4.00. The number of rotatable bonds is 5. The zero-order valence-electron chi connectivity index (χ0n) is 12.1. The maximum Gasteiger partial charge on any atom is 0.407 e. The smallest absolute Gasteiger partial charge is 0.407 e. The molecule has 114 valence electrons. The van der Waals surface area contributed by atoms with E-state index in [1.165, 1.54) is 28.4 Å². The molecular formula is C16H22N2O2S. The Kier molecular flexibility index (Phi) is 4.40. The molecule has 2 atom stereocenters. The number of hydrogen-bond acceptors (Lipinski definition) is 3. The lowest BCUT2D eigenvalue weighted by Crippen LogP contribution is -2.41. The van der Waals surface area contributed by atoms with Gasteiger partial charge in [-0.15, -0.1) is 11.8 Å². The largest absolute Gasteiger partial charge is 0.465 e. The van der Waals surface area contributed by atoms with Crippen LogP contribution < -0.4 is 5.73 Å². The second kappa shape index (κ2) is 6.28. The van der Waals surface area contributed by atoms with Gasteiger partial charge in [0.2, 0.25) is 0 Å². The van der Waals surface area contributed by atoms with E-state index in [1.54, 1.807) is 0 Å². The van der Waals surface area contributed by atoms with Gasteiger partial charge >= 0.3 is 6.09 Å². The Morgan fingerprint density at radius 3 is 2.67 bits per heavy atom. The molecule has 1 aromatic carbocycles. The summed E-state index contributed by atoms with van der Waals surface area (Å²) in [6.07, 6.45) is 3.65. The number of nitrogens with zero attached hydrogens (tertiary/aromatic N) is 1. The number of hydrogen-bond donors (Lipinski definition) is 2. The highest BCUT2D eigenvalue weighted by Gasteiger charge is 2.33. The van der Waals surface area contributed by atoms with Gasteiger partial charge in [0.1, 0.15) is 0 Å². The standard InChI is InChI=1S/C16H22N2O2S/c17-15(14-2-1-9-18(14)16(19)20)12-5-7-13(8-6-12)21-10-11-3-4-11/h5-8,11,14-15H,1-4,9-10,17H2,(H,19,20)/t14-,15?/m1/s1. The zero-order valence-corrected chi connectivity index (χ0v) is 12.9. The molecule has 1 aliphatic carbocycles. The van der Waals surface area contributed by atoms with Crippen LogP contribution in [0.15, 0.2) is 29.2 Å². The number of carbonyl (C=O) groups is 1. The summed E-state index contributed by atoms with van der Waals surface area (Å²) in [4.78, 5) is 14.0. The first kappa shape index (κ1) is 14.7. The predicted molar refractivity (Wildman–Crippen MR) is 84.6 cm³/mol. The Morgan fingerprint density at radius 2 is 2.05 bits per heavy atom. The Hall–Kier alpha value is -1.20. The monoisotopic (exact) mass is 306 g/mol. The summed E-state index contributed by atoms with van der Waals surface area (Å²) < 4.78 is 0. The number of carboxylic acid groups (broad SMARTS) is 1. The highest BCUT2D eigenvalue weighted by molar-refractivity contribution is 7.99. The average molecular weight is 306 g/mol. The number of likely N-dealkylation sites (tertiary alicyclic amines) is 1. The number of amides is 1. The first-order valence-corrected chi connectivity index (χ1v) is 8.61. The van der Waals surface area contributed by atoms with E-state index in [2.05, 4.69) is 24.3 Å². The molecular weight excluding hydrogens is 284 g/mol. The second-order valence-corrected chi connectivity index (χ2v) is 7.13. The third-order valence-electron chi connectivity index (χ3n) is 4.41. The second-order valence-electron chi connectivity index (χ2n) is 6.03. The van der Waals surface area contributed by atoms with Gasteiger partial charge in [-0.2, -0.15) is 0 Å². The fourth-order valence-electron chi connectivity index (χ4n) is 2.91. The highest BCUT2D eigenvalue weighted by atomic mass is 32.2. The third-order valence-corrected chi connectivity index (χ3v) is 5.65. The topological polar surface area (TPSA) is 66.6 Å². The first-order valence-electron chi connectivity index (χ1n) is 7.63. The van der Waals surface area contributed by atoms with Gasteiger partial charge in [-0.05, 0) is 49.3 Å². The van der Waals surface area contributed by atoms with E-state index in [0.29, 0.717) is 6.54 Å². The zero-order chi connectivity index (χ0) is 14.8. The lowest BCUT2D eigenvalue weighted by molar-refractivity contribution is 0.134. The molecule has 0 radical (unpaired) electrons. The Labute approximate surface area is 129 Å². The van der Waals surface area contributed by atoms with Crippen LogP contribution in [0.4, 0.5) is 4.79 Å². The molecule has 5 heteroatoms. The predicted octanol–water partition coefficient (Wildman–Crippen LogP) is 3.33. The van der Waals surface area contributed by atoms with Gasteiger partial charge in [0.25, 0.3) is 0 Å². The van der Waals surface area contributed by atoms with E-state index < -0.39 is 6.09 Å². The molecule has 1 saturated heterocycles. The van der Waals surface area contributed by atoms with Crippen molar-refractivity contribution in [1.29, 1.82) is 0 Å². The molecule has 21 heavy (non-hydrogen) atoms. The molecule has 3 rings (SSSR count). The maximum absolute atomic E-state index is 11.2. The molecule has 0 bridgehead atoms. The lowest BCUT2D eigenvalue weighted by Gasteiger charge is -2.27. The Morgan fingerprint density at radius 1 is 1.33 bits per heavy atom. The number of nitrogens with two attached hydrogens (primary N) is 1. The molecule has 0 spiro atoms. The van der Waals surface area contributed by atoms with E-state index in [-0.39, 0.29) is 12.1 Å². The summed E-state index contributed by atoms with van der Waals surface area (Å²) in [6, 6.07) is 8.01. The van der Waals surface area contributed by atoms with Crippen molar-refractivity contribution < 1.29 is 9.90 Å². The number of benzene rings is 1. The van der Waals surface area contributed by atoms with Crippen molar-refractivity contribution in [2.24, 2.45) is 11.7 Å². The Bertz CT molecular complexity index is 502. The van der Waals surface area contributed by atoms with E-state index in [9.17, 15) is 9.90 Å². The van der Waals surface area contributed by atoms with Crippen molar-refractivity contribution in [3.63, 3.8) is 0 Å². The van der Waals surface area contributed by atoms with Crippen LogP contribution in [0.5, 0.6) is 0 Å². The van der Waals surface area contributed by atoms with Gasteiger partial charge in [-0.3, -0.25) is 0 Å². The molecule has 2 fully saturated rings. The normalized spacial score (nSPS) is 23.3. The van der Waals surface area contributed by atoms with Crippen LogP contribution in [0, 0.1) is 5.92 Å². The molecule has 4 nitrogen and oxygen atoms in total. The van der Waals surface area contributed by atoms with E-state index in [1.807, 2.05) is 11.8 Å². The molecule has 3 N–H and O–H groups in total. The summed E-state index contributed by atoms with van der Waals surface area (Å²) in [5, 5.41) is 9.22. The van der Waals surface area contributed by atoms with E-state index in [0.717, 1.165) is 24.3 Å². The van der Waals surface area contributed by atoms with Crippen LogP contribution in [0.2, 0.25) is 0 Å². The van der Waals surface area contributed by atoms with Crippen LogP contribution in [0.25, 0.3) is 0 Å². The van der Waals surface area contributed by atoms with Crippen molar-refractivity contribution in [2.45, 2.75) is 42.7 Å². The van der Waals surface area contributed by atoms with Crippen LogP contribution >= 0.6 is 11.8 Å². The summed E-state index contributed by atoms with van der Waals surface area (Å²) in [5.74, 6) is 2.13. The lowest BCUT2D eigenvalue weighted by atomic mass is 9.98. The molecule has 2 aliphatic rings. The molecule has 1 aromatic rings. The van der Waals surface area contributed by atoms with Crippen molar-refractivity contribution in [2.75, 3.05) is 12.3 Å². The highest BCUT2D eigenvalue weighted by Crippen LogP contribution is 2.35. The van der Waals surface area contributed by atoms with Gasteiger partial charge in [-0.25, -0.2) is 4.79 Å². The van der Waals surface area contributed by atoms with Crippen LogP contribution in [0.1, 0.15) is 37.3 Å². The first-order chi connectivity index (χ1) is 10.1. The average Bonchev–Trinajstić information content (AvgIpc) is 3.18. The van der Waals surface area contributed by atoms with Crippen LogP contribution in [0.3, 0.4) is 0 Å². The van der Waals surface area contributed by atoms with Gasteiger partial charge in [0.15, 0.2) is 0 Å². The van der Waals surface area contributed by atoms with Crippen molar-refractivity contribution >= 4 is 17.9 Å². The van der Waals surface area contributed by atoms with E-state index in [4.69, 9.17) is 5.73 Å². The number of thioether (sulfide) groups is 1. The SMILES string of the molecule is NC(c1ccc(SCC2CC2)cc1)[C@H]1CCCN1C(=O)O. The third kappa shape index (κ3) is 3.52. The summed E-state index contributed by atoms with van der Waals surface area (Å²) in [6.45, 7) is 0.600. The van der Waals surface area contributed by atoms with E-state index >= 15 is 0 Å². The minimum absolute atomic E-state index is 0.0903. The van der Waals surface area contributed by atoms with Crippen LogP contribution in [-0.4, -0.2) is 34.4 Å². The van der Waals surface area contributed by atoms with Crippen molar-refractivity contribution in [1.82, 2.24) is 4.90 Å². The molecule has 1 heterocycles. The van der Waals surface area contributed by atoms with Gasteiger partial charge in [-0.1, -0.05) is 12.1 Å². The molecule has 1 unspecified atom stereocenters.